The smallest absolute Gasteiger partial charge is 0.274 e. The zero-order valence-electron chi connectivity index (χ0n) is 12.9. The van der Waals surface area contributed by atoms with Gasteiger partial charge in [0.1, 0.15) is 0 Å². The minimum Gasteiger partial charge on any atom is -0.335 e. The maximum Gasteiger partial charge on any atom is 0.274 e. The number of aromatic nitrogens is 2. The van der Waals surface area contributed by atoms with Crippen LogP contribution in [-0.4, -0.2) is 27.6 Å². The summed E-state index contributed by atoms with van der Waals surface area (Å²) in [7, 11) is 1.80. The standard InChI is InChI=1S/C17H16BrN3OS/c1-12-8-16(19-21(12)14-6-4-3-5-7-14)17(22)20(2)10-15-9-13(18)11-23-15/h3-9,11H,10H2,1-2H3. The molecule has 23 heavy (non-hydrogen) atoms. The van der Waals surface area contributed by atoms with Crippen LogP contribution in [0.1, 0.15) is 21.1 Å². The number of thiophene rings is 1. The van der Waals surface area contributed by atoms with Gasteiger partial charge in [0.15, 0.2) is 5.69 Å². The van der Waals surface area contributed by atoms with Crippen LogP contribution in [0.25, 0.3) is 5.69 Å². The van der Waals surface area contributed by atoms with Gasteiger partial charge in [-0.25, -0.2) is 4.68 Å². The molecule has 2 aromatic heterocycles. The molecular weight excluding hydrogens is 374 g/mol. The summed E-state index contributed by atoms with van der Waals surface area (Å²) in [6, 6.07) is 13.7. The molecular formula is C17H16BrN3OS. The molecule has 0 bridgehead atoms. The van der Waals surface area contributed by atoms with Crippen LogP contribution in [0.4, 0.5) is 0 Å². The predicted molar refractivity (Wildman–Crippen MR) is 96.1 cm³/mol. The molecule has 0 aliphatic carbocycles. The zero-order chi connectivity index (χ0) is 16.4. The summed E-state index contributed by atoms with van der Waals surface area (Å²) in [4.78, 5) is 15.4. The molecule has 0 fully saturated rings. The van der Waals surface area contributed by atoms with E-state index in [4.69, 9.17) is 0 Å². The second kappa shape index (κ2) is 6.68. The molecule has 118 valence electrons. The zero-order valence-corrected chi connectivity index (χ0v) is 15.3. The number of hydrogen-bond donors (Lipinski definition) is 0. The average Bonchev–Trinajstić information content (AvgIpc) is 3.13. The Bertz CT molecular complexity index is 825. The number of halogens is 1. The lowest BCUT2D eigenvalue weighted by atomic mass is 10.3. The highest BCUT2D eigenvalue weighted by Gasteiger charge is 2.18. The number of carbonyl (C=O) groups excluding carboxylic acids is 1. The Labute approximate surface area is 147 Å². The average molecular weight is 390 g/mol. The number of para-hydroxylation sites is 1. The number of nitrogens with zero attached hydrogens (tertiary/aromatic N) is 3. The molecule has 1 amide bonds. The molecule has 0 aliphatic rings. The highest BCUT2D eigenvalue weighted by atomic mass is 79.9. The molecule has 1 aromatic carbocycles. The number of rotatable bonds is 4. The van der Waals surface area contributed by atoms with Crippen LogP contribution >= 0.6 is 27.3 Å². The minimum absolute atomic E-state index is 0.0766. The van der Waals surface area contributed by atoms with Gasteiger partial charge >= 0.3 is 0 Å². The van der Waals surface area contributed by atoms with E-state index in [0.29, 0.717) is 12.2 Å². The van der Waals surface area contributed by atoms with Gasteiger partial charge < -0.3 is 4.90 Å². The van der Waals surface area contributed by atoms with Crippen molar-refractivity contribution in [1.29, 1.82) is 0 Å². The second-order valence-corrected chi connectivity index (χ2v) is 7.22. The highest BCUT2D eigenvalue weighted by Crippen LogP contribution is 2.21. The summed E-state index contributed by atoms with van der Waals surface area (Å²) in [6.45, 7) is 2.53. The van der Waals surface area contributed by atoms with E-state index >= 15 is 0 Å². The van der Waals surface area contributed by atoms with E-state index in [-0.39, 0.29) is 5.91 Å². The van der Waals surface area contributed by atoms with Gasteiger partial charge in [-0.1, -0.05) is 18.2 Å². The van der Waals surface area contributed by atoms with Crippen LogP contribution in [0.15, 0.2) is 52.3 Å². The molecule has 0 aliphatic heterocycles. The van der Waals surface area contributed by atoms with Crippen molar-refractivity contribution >= 4 is 33.2 Å². The molecule has 4 nitrogen and oxygen atoms in total. The van der Waals surface area contributed by atoms with Gasteiger partial charge in [0.05, 0.1) is 12.2 Å². The first-order valence-electron chi connectivity index (χ1n) is 7.15. The first-order chi connectivity index (χ1) is 11.0. The SMILES string of the molecule is Cc1cc(C(=O)N(C)Cc2cc(Br)cs2)nn1-c1ccccc1. The second-order valence-electron chi connectivity index (χ2n) is 5.31. The fraction of sp³-hybridized carbons (Fsp3) is 0.176. The van der Waals surface area contributed by atoms with Gasteiger partial charge in [-0.3, -0.25) is 4.79 Å². The summed E-state index contributed by atoms with van der Waals surface area (Å²) >= 11 is 5.06. The normalized spacial score (nSPS) is 10.7. The Hall–Kier alpha value is -1.92. The molecule has 0 saturated carbocycles. The van der Waals surface area contributed by atoms with Gasteiger partial charge in [0.2, 0.25) is 0 Å². The molecule has 0 radical (unpaired) electrons. The van der Waals surface area contributed by atoms with Crippen molar-refractivity contribution in [2.75, 3.05) is 7.05 Å². The minimum atomic E-state index is -0.0766. The largest absolute Gasteiger partial charge is 0.335 e. The fourth-order valence-corrected chi connectivity index (χ4v) is 3.85. The van der Waals surface area contributed by atoms with Crippen LogP contribution in [0, 0.1) is 6.92 Å². The quantitative estimate of drug-likeness (QED) is 0.667. The third kappa shape index (κ3) is 3.54. The number of benzene rings is 1. The summed E-state index contributed by atoms with van der Waals surface area (Å²) in [6.07, 6.45) is 0. The summed E-state index contributed by atoms with van der Waals surface area (Å²) < 4.78 is 2.84. The van der Waals surface area contributed by atoms with Crippen molar-refractivity contribution in [1.82, 2.24) is 14.7 Å². The monoisotopic (exact) mass is 389 g/mol. The molecule has 0 spiro atoms. The molecule has 0 unspecified atom stereocenters. The molecule has 0 N–H and O–H groups in total. The Morgan fingerprint density at radius 1 is 1.30 bits per heavy atom. The molecule has 3 aromatic rings. The van der Waals surface area contributed by atoms with Gasteiger partial charge in [0, 0.05) is 27.5 Å². The lowest BCUT2D eigenvalue weighted by molar-refractivity contribution is 0.0780. The highest BCUT2D eigenvalue weighted by molar-refractivity contribution is 9.10. The fourth-order valence-electron chi connectivity index (χ4n) is 2.35. The third-order valence-corrected chi connectivity index (χ3v) is 5.15. The van der Waals surface area contributed by atoms with Crippen molar-refractivity contribution in [2.24, 2.45) is 0 Å². The van der Waals surface area contributed by atoms with E-state index in [2.05, 4.69) is 21.0 Å². The van der Waals surface area contributed by atoms with E-state index in [0.717, 1.165) is 20.7 Å². The third-order valence-electron chi connectivity index (χ3n) is 3.47. The summed E-state index contributed by atoms with van der Waals surface area (Å²) in [5.74, 6) is -0.0766. The lowest BCUT2D eigenvalue weighted by Gasteiger charge is -2.14. The topological polar surface area (TPSA) is 38.1 Å². The Kier molecular flexibility index (Phi) is 4.63. The molecule has 3 rings (SSSR count). The van der Waals surface area contributed by atoms with E-state index in [9.17, 15) is 4.79 Å². The Balaban J connectivity index is 1.80. The van der Waals surface area contributed by atoms with Crippen LogP contribution in [0.3, 0.4) is 0 Å². The number of hydrogen-bond acceptors (Lipinski definition) is 3. The van der Waals surface area contributed by atoms with Crippen LogP contribution < -0.4 is 0 Å². The van der Waals surface area contributed by atoms with Crippen molar-refractivity contribution < 1.29 is 4.79 Å². The van der Waals surface area contributed by atoms with E-state index < -0.39 is 0 Å². The van der Waals surface area contributed by atoms with E-state index in [1.54, 1.807) is 28.0 Å². The lowest BCUT2D eigenvalue weighted by Crippen LogP contribution is -2.26. The van der Waals surface area contributed by atoms with E-state index in [1.807, 2.05) is 54.8 Å². The molecule has 0 atom stereocenters. The van der Waals surface area contributed by atoms with Crippen molar-refractivity contribution in [2.45, 2.75) is 13.5 Å². The van der Waals surface area contributed by atoms with Crippen molar-refractivity contribution in [3.63, 3.8) is 0 Å². The maximum atomic E-state index is 12.6. The first kappa shape index (κ1) is 16.0. The predicted octanol–water partition coefficient (Wildman–Crippen LogP) is 4.28. The first-order valence-corrected chi connectivity index (χ1v) is 8.82. The van der Waals surface area contributed by atoms with Gasteiger partial charge in [0.25, 0.3) is 5.91 Å². The van der Waals surface area contributed by atoms with Crippen molar-refractivity contribution in [3.8, 4) is 5.69 Å². The number of carbonyl (C=O) groups is 1. The van der Waals surface area contributed by atoms with Gasteiger partial charge in [-0.2, -0.15) is 5.10 Å². The summed E-state index contributed by atoms with van der Waals surface area (Å²) in [5, 5.41) is 6.48. The van der Waals surface area contributed by atoms with Crippen molar-refractivity contribution in [3.05, 3.63) is 68.6 Å². The Morgan fingerprint density at radius 2 is 2.04 bits per heavy atom. The van der Waals surface area contributed by atoms with E-state index in [1.165, 1.54) is 0 Å². The van der Waals surface area contributed by atoms with Gasteiger partial charge in [-0.05, 0) is 47.1 Å². The Morgan fingerprint density at radius 3 is 2.70 bits per heavy atom. The van der Waals surface area contributed by atoms with Crippen LogP contribution in [0.2, 0.25) is 0 Å². The number of amides is 1. The van der Waals surface area contributed by atoms with Crippen LogP contribution in [-0.2, 0) is 6.54 Å². The molecule has 2 heterocycles. The maximum absolute atomic E-state index is 12.6. The number of aryl methyl sites for hydroxylation is 1. The molecule has 6 heteroatoms. The van der Waals surface area contributed by atoms with Gasteiger partial charge in [-0.15, -0.1) is 11.3 Å². The summed E-state index contributed by atoms with van der Waals surface area (Å²) in [5.41, 5.74) is 2.35. The van der Waals surface area contributed by atoms with Crippen LogP contribution in [0.5, 0.6) is 0 Å². The molecule has 0 saturated heterocycles.